The fourth-order valence-corrected chi connectivity index (χ4v) is 3.94. The average Bonchev–Trinajstić information content (AvgIpc) is 3.10. The van der Waals surface area contributed by atoms with Crippen LogP contribution in [0.3, 0.4) is 0 Å². The van der Waals surface area contributed by atoms with Gasteiger partial charge in [-0.05, 0) is 54.1 Å². The van der Waals surface area contributed by atoms with E-state index in [1.165, 1.54) is 10.4 Å². The molecule has 4 heteroatoms. The molecule has 2 unspecified atom stereocenters. The summed E-state index contributed by atoms with van der Waals surface area (Å²) in [4.78, 5) is 3.93. The maximum absolute atomic E-state index is 6.44. The second-order valence-corrected chi connectivity index (χ2v) is 7.23. The van der Waals surface area contributed by atoms with Gasteiger partial charge in [0, 0.05) is 23.5 Å². The van der Waals surface area contributed by atoms with Gasteiger partial charge in [0.1, 0.15) is 0 Å². The predicted octanol–water partition coefficient (Wildman–Crippen LogP) is 4.50. The van der Waals surface area contributed by atoms with Gasteiger partial charge in [0.25, 0.3) is 0 Å². The third-order valence-electron chi connectivity index (χ3n) is 3.70. The molecule has 0 saturated carbocycles. The first kappa shape index (κ1) is 15.7. The highest BCUT2D eigenvalue weighted by Gasteiger charge is 2.28. The van der Waals surface area contributed by atoms with Gasteiger partial charge in [0.05, 0.1) is 6.04 Å². The van der Waals surface area contributed by atoms with Gasteiger partial charge in [-0.25, -0.2) is 0 Å². The van der Waals surface area contributed by atoms with Crippen molar-refractivity contribution in [2.75, 3.05) is 0 Å². The van der Waals surface area contributed by atoms with Crippen LogP contribution >= 0.6 is 22.7 Å². The summed E-state index contributed by atoms with van der Waals surface area (Å²) in [6, 6.07) is 7.49. The van der Waals surface area contributed by atoms with Gasteiger partial charge >= 0.3 is 0 Å². The lowest BCUT2D eigenvalue weighted by Crippen LogP contribution is -2.43. The zero-order chi connectivity index (χ0) is 14.5. The molecule has 0 saturated heterocycles. The van der Waals surface area contributed by atoms with E-state index in [1.807, 2.05) is 11.3 Å². The molecule has 0 aromatic carbocycles. The molecule has 2 atom stereocenters. The third-order valence-corrected chi connectivity index (χ3v) is 5.26. The van der Waals surface area contributed by atoms with Crippen LogP contribution in [0.15, 0.2) is 34.3 Å². The Bertz CT molecular complexity index is 477. The molecule has 2 heterocycles. The SMILES string of the molecule is CCC(N)C(c1ccsc1)N(Cc1cccs1)C(C)C. The van der Waals surface area contributed by atoms with E-state index in [9.17, 15) is 0 Å². The largest absolute Gasteiger partial charge is 0.326 e. The summed E-state index contributed by atoms with van der Waals surface area (Å²) in [5, 5.41) is 6.53. The Hall–Kier alpha value is -0.680. The first-order valence-corrected chi connectivity index (χ1v) is 9.01. The van der Waals surface area contributed by atoms with E-state index in [4.69, 9.17) is 5.73 Å². The summed E-state index contributed by atoms with van der Waals surface area (Å²) in [5.41, 5.74) is 7.80. The van der Waals surface area contributed by atoms with Gasteiger partial charge in [0.15, 0.2) is 0 Å². The highest BCUT2D eigenvalue weighted by atomic mass is 32.1. The molecule has 0 aliphatic rings. The Morgan fingerprint density at radius 2 is 2.05 bits per heavy atom. The summed E-state index contributed by atoms with van der Waals surface area (Å²) in [6.07, 6.45) is 0.994. The monoisotopic (exact) mass is 308 g/mol. The van der Waals surface area contributed by atoms with E-state index < -0.39 is 0 Å². The van der Waals surface area contributed by atoms with Crippen LogP contribution in [0.2, 0.25) is 0 Å². The van der Waals surface area contributed by atoms with Crippen molar-refractivity contribution < 1.29 is 0 Å². The van der Waals surface area contributed by atoms with Gasteiger partial charge in [0.2, 0.25) is 0 Å². The summed E-state index contributed by atoms with van der Waals surface area (Å²) in [5.74, 6) is 0. The molecule has 0 spiro atoms. The van der Waals surface area contributed by atoms with Crippen LogP contribution in [-0.4, -0.2) is 17.0 Å². The number of nitrogens with zero attached hydrogens (tertiary/aromatic N) is 1. The molecule has 20 heavy (non-hydrogen) atoms. The van der Waals surface area contributed by atoms with E-state index >= 15 is 0 Å². The molecule has 2 rings (SSSR count). The van der Waals surface area contributed by atoms with Crippen molar-refractivity contribution in [3.63, 3.8) is 0 Å². The molecular weight excluding hydrogens is 284 g/mol. The molecule has 0 bridgehead atoms. The van der Waals surface area contributed by atoms with Crippen molar-refractivity contribution in [1.82, 2.24) is 4.90 Å². The zero-order valence-corrected chi connectivity index (χ0v) is 14.1. The molecule has 2 N–H and O–H groups in total. The lowest BCUT2D eigenvalue weighted by Gasteiger charge is -2.37. The highest BCUT2D eigenvalue weighted by Crippen LogP contribution is 2.31. The number of thiophene rings is 2. The molecule has 2 nitrogen and oxygen atoms in total. The summed E-state index contributed by atoms with van der Waals surface area (Å²) in [7, 11) is 0. The van der Waals surface area contributed by atoms with Crippen LogP contribution in [-0.2, 0) is 6.54 Å². The number of rotatable bonds is 7. The van der Waals surface area contributed by atoms with E-state index in [2.05, 4.69) is 60.0 Å². The fraction of sp³-hybridized carbons (Fsp3) is 0.500. The van der Waals surface area contributed by atoms with E-state index in [0.717, 1.165) is 13.0 Å². The van der Waals surface area contributed by atoms with Crippen LogP contribution < -0.4 is 5.73 Å². The minimum absolute atomic E-state index is 0.173. The van der Waals surface area contributed by atoms with Gasteiger partial charge in [-0.1, -0.05) is 13.0 Å². The average molecular weight is 309 g/mol. The molecular formula is C16H24N2S2. The van der Waals surface area contributed by atoms with Crippen LogP contribution in [0.25, 0.3) is 0 Å². The molecule has 2 aromatic heterocycles. The minimum Gasteiger partial charge on any atom is -0.326 e. The standard InChI is InChI=1S/C16H24N2S2/c1-4-15(17)16(13-7-9-19-11-13)18(12(2)3)10-14-6-5-8-20-14/h5-9,11-12,15-16H,4,10,17H2,1-3H3. The second kappa shape index (κ2) is 7.36. The van der Waals surface area contributed by atoms with Crippen molar-refractivity contribution in [2.45, 2.75) is 51.9 Å². The molecule has 0 radical (unpaired) electrons. The first-order chi connectivity index (χ1) is 9.63. The second-order valence-electron chi connectivity index (χ2n) is 5.42. The molecule has 2 aromatic rings. The van der Waals surface area contributed by atoms with Crippen LogP contribution in [0.4, 0.5) is 0 Å². The number of hydrogen-bond donors (Lipinski definition) is 1. The molecule has 0 aliphatic heterocycles. The summed E-state index contributed by atoms with van der Waals surface area (Å²) >= 11 is 3.58. The molecule has 0 fully saturated rings. The van der Waals surface area contributed by atoms with Crippen molar-refractivity contribution in [1.29, 1.82) is 0 Å². The summed E-state index contributed by atoms with van der Waals surface area (Å²) in [6.45, 7) is 7.67. The Balaban J connectivity index is 2.27. The van der Waals surface area contributed by atoms with E-state index in [0.29, 0.717) is 12.1 Å². The highest BCUT2D eigenvalue weighted by molar-refractivity contribution is 7.09. The Morgan fingerprint density at radius 1 is 1.25 bits per heavy atom. The zero-order valence-electron chi connectivity index (χ0n) is 12.5. The van der Waals surface area contributed by atoms with Crippen LogP contribution in [0.5, 0.6) is 0 Å². The van der Waals surface area contributed by atoms with Gasteiger partial charge in [-0.2, -0.15) is 11.3 Å². The third kappa shape index (κ3) is 3.70. The Kier molecular flexibility index (Phi) is 5.78. The fourth-order valence-electron chi connectivity index (χ4n) is 2.54. The van der Waals surface area contributed by atoms with Gasteiger partial charge in [-0.15, -0.1) is 11.3 Å². The van der Waals surface area contributed by atoms with Crippen molar-refractivity contribution in [3.8, 4) is 0 Å². The summed E-state index contributed by atoms with van der Waals surface area (Å²) < 4.78 is 0. The minimum atomic E-state index is 0.173. The molecule has 0 amide bonds. The van der Waals surface area contributed by atoms with E-state index in [-0.39, 0.29) is 6.04 Å². The van der Waals surface area contributed by atoms with E-state index in [1.54, 1.807) is 11.3 Å². The quantitative estimate of drug-likeness (QED) is 0.816. The number of hydrogen-bond acceptors (Lipinski definition) is 4. The smallest absolute Gasteiger partial charge is 0.0513 e. The predicted molar refractivity (Wildman–Crippen MR) is 90.3 cm³/mol. The van der Waals surface area contributed by atoms with Gasteiger partial charge in [-0.3, -0.25) is 4.90 Å². The maximum atomic E-state index is 6.44. The van der Waals surface area contributed by atoms with Crippen molar-refractivity contribution >= 4 is 22.7 Å². The lowest BCUT2D eigenvalue weighted by atomic mass is 9.97. The lowest BCUT2D eigenvalue weighted by molar-refractivity contribution is 0.123. The normalized spacial score (nSPS) is 14.9. The Labute approximate surface area is 130 Å². The molecule has 110 valence electrons. The van der Waals surface area contributed by atoms with Gasteiger partial charge < -0.3 is 5.73 Å². The number of nitrogens with two attached hydrogens (primary N) is 1. The topological polar surface area (TPSA) is 29.3 Å². The molecule has 0 aliphatic carbocycles. The van der Waals surface area contributed by atoms with Crippen LogP contribution in [0, 0.1) is 0 Å². The van der Waals surface area contributed by atoms with Crippen molar-refractivity contribution in [3.05, 3.63) is 44.8 Å². The van der Waals surface area contributed by atoms with Crippen LogP contribution in [0.1, 0.15) is 43.7 Å². The first-order valence-electron chi connectivity index (χ1n) is 7.19. The van der Waals surface area contributed by atoms with Crippen molar-refractivity contribution in [2.24, 2.45) is 5.73 Å². The maximum Gasteiger partial charge on any atom is 0.0513 e. The Morgan fingerprint density at radius 3 is 2.55 bits per heavy atom.